The molecule has 2 heterocycles. The van der Waals surface area contributed by atoms with E-state index in [0.29, 0.717) is 6.42 Å². The normalized spacial score (nSPS) is 22.9. The highest BCUT2D eigenvalue weighted by Gasteiger charge is 2.42. The van der Waals surface area contributed by atoms with E-state index < -0.39 is 27.2 Å². The first-order chi connectivity index (χ1) is 13.3. The van der Waals surface area contributed by atoms with Crippen LogP contribution in [-0.4, -0.2) is 44.9 Å². The van der Waals surface area contributed by atoms with E-state index in [1.54, 1.807) is 11.8 Å². The molecule has 0 saturated carbocycles. The van der Waals surface area contributed by atoms with Crippen LogP contribution in [0.4, 0.5) is 16.2 Å². The summed E-state index contributed by atoms with van der Waals surface area (Å²) in [5.41, 5.74) is -1.08. The van der Waals surface area contributed by atoms with E-state index >= 15 is 0 Å². The number of nitro benzene ring substituents is 2. The van der Waals surface area contributed by atoms with Crippen LogP contribution >= 0.6 is 11.8 Å². The fraction of sp³-hybridized carbons (Fsp3) is 0.500. The highest BCUT2D eigenvalue weighted by molar-refractivity contribution is 8.00. The number of ether oxygens (including phenoxy) is 1. The zero-order valence-electron chi connectivity index (χ0n) is 14.7. The van der Waals surface area contributed by atoms with Crippen LogP contribution in [-0.2, 0) is 4.79 Å². The third kappa shape index (κ3) is 4.50. The number of fused-ring (bicyclic) bond motifs is 1. The number of urea groups is 1. The fourth-order valence-electron chi connectivity index (χ4n) is 3.28. The minimum absolute atomic E-state index is 0.0736. The Hall–Kier alpha value is -2.89. The quantitative estimate of drug-likeness (QED) is 0.165. The summed E-state index contributed by atoms with van der Waals surface area (Å²) in [6.07, 6.45) is 2.19. The summed E-state index contributed by atoms with van der Waals surface area (Å²) in [6, 6.07) is 2.98. The molecule has 3 rings (SSSR count). The Morgan fingerprint density at radius 2 is 2.00 bits per heavy atom. The molecule has 2 N–H and O–H groups in total. The summed E-state index contributed by atoms with van der Waals surface area (Å²) < 4.78 is 5.02. The molecule has 11 nitrogen and oxygen atoms in total. The summed E-state index contributed by atoms with van der Waals surface area (Å²) in [4.78, 5) is 43.5. The van der Waals surface area contributed by atoms with Gasteiger partial charge in [-0.1, -0.05) is 6.42 Å². The van der Waals surface area contributed by atoms with Crippen molar-refractivity contribution in [1.29, 1.82) is 0 Å². The van der Waals surface area contributed by atoms with E-state index in [9.17, 15) is 29.8 Å². The number of nitrogens with one attached hydrogen (secondary N) is 2. The van der Waals surface area contributed by atoms with Gasteiger partial charge in [-0.2, -0.15) is 11.8 Å². The molecule has 2 aliphatic rings. The van der Waals surface area contributed by atoms with Gasteiger partial charge in [0.05, 0.1) is 28.0 Å². The average molecular weight is 410 g/mol. The number of benzene rings is 1. The zero-order valence-corrected chi connectivity index (χ0v) is 15.5. The fourth-order valence-corrected chi connectivity index (χ4v) is 4.82. The summed E-state index contributed by atoms with van der Waals surface area (Å²) in [7, 11) is 0. The zero-order chi connectivity index (χ0) is 20.3. The second-order valence-electron chi connectivity index (χ2n) is 6.51. The predicted octanol–water partition coefficient (Wildman–Crippen LogP) is 2.13. The van der Waals surface area contributed by atoms with Crippen molar-refractivity contribution >= 4 is 35.1 Å². The molecule has 0 aliphatic carbocycles. The molecule has 12 heteroatoms. The van der Waals surface area contributed by atoms with Crippen molar-refractivity contribution in [3.8, 4) is 5.75 Å². The number of thioether (sulfide) groups is 1. The number of carbonyl (C=O) groups excluding carboxylic acids is 2. The minimum Gasteiger partial charge on any atom is -0.419 e. The van der Waals surface area contributed by atoms with E-state index in [1.807, 2.05) is 0 Å². The molecule has 0 spiro atoms. The molecule has 0 radical (unpaired) electrons. The maximum absolute atomic E-state index is 12.0. The predicted molar refractivity (Wildman–Crippen MR) is 99.3 cm³/mol. The summed E-state index contributed by atoms with van der Waals surface area (Å²) >= 11 is 1.78. The maximum Gasteiger partial charge on any atom is 0.318 e. The molecule has 3 atom stereocenters. The number of non-ortho nitro benzene ring substituents is 1. The molecule has 0 unspecified atom stereocenters. The van der Waals surface area contributed by atoms with Crippen molar-refractivity contribution in [3.05, 3.63) is 38.4 Å². The topological polar surface area (TPSA) is 154 Å². The lowest BCUT2D eigenvalue weighted by Crippen LogP contribution is -2.36. The van der Waals surface area contributed by atoms with Crippen LogP contribution in [0.2, 0.25) is 0 Å². The van der Waals surface area contributed by atoms with Gasteiger partial charge in [-0.3, -0.25) is 25.0 Å². The third-order valence-electron chi connectivity index (χ3n) is 4.63. The number of nitrogens with zero attached hydrogens (tertiary/aromatic N) is 2. The number of hydrogen-bond acceptors (Lipinski definition) is 8. The number of unbranched alkanes of at least 4 members (excludes halogenated alkanes) is 1. The van der Waals surface area contributed by atoms with Gasteiger partial charge < -0.3 is 15.4 Å². The van der Waals surface area contributed by atoms with Gasteiger partial charge in [0.1, 0.15) is 0 Å². The largest absolute Gasteiger partial charge is 0.419 e. The summed E-state index contributed by atoms with van der Waals surface area (Å²) in [6.45, 7) is 0. The van der Waals surface area contributed by atoms with Crippen molar-refractivity contribution in [3.63, 3.8) is 0 Å². The summed E-state index contributed by atoms with van der Waals surface area (Å²) in [5.74, 6) is -0.0841. The first-order valence-electron chi connectivity index (χ1n) is 8.67. The van der Waals surface area contributed by atoms with E-state index in [1.165, 1.54) is 0 Å². The van der Waals surface area contributed by atoms with Crippen LogP contribution in [0, 0.1) is 20.2 Å². The standard InChI is InChI=1S/C16H18N4O7S/c21-14(27-12-6-5-9(19(23)24)7-11(12)20(25)26)4-2-1-3-13-15-10(8-28-13)17-16(22)18-15/h5-7,10,13,15H,1-4,8H2,(H2,17,18,22)/t10-,13-,15-/m0/s1. The molecule has 1 aromatic carbocycles. The first-order valence-corrected chi connectivity index (χ1v) is 9.72. The smallest absolute Gasteiger partial charge is 0.318 e. The van der Waals surface area contributed by atoms with Crippen molar-refractivity contribution in [2.45, 2.75) is 43.0 Å². The first kappa shape index (κ1) is 19.9. The Morgan fingerprint density at radius 1 is 1.21 bits per heavy atom. The molecule has 1 aromatic rings. The monoisotopic (exact) mass is 410 g/mol. The van der Waals surface area contributed by atoms with Gasteiger partial charge in [0.25, 0.3) is 5.69 Å². The Bertz CT molecular complexity index is 818. The molecule has 2 fully saturated rings. The molecule has 2 aliphatic heterocycles. The van der Waals surface area contributed by atoms with E-state index in [2.05, 4.69) is 10.6 Å². The molecular weight excluding hydrogens is 392 g/mol. The molecule has 0 aromatic heterocycles. The van der Waals surface area contributed by atoms with Gasteiger partial charge in [-0.25, -0.2) is 4.79 Å². The number of hydrogen-bond donors (Lipinski definition) is 2. The number of nitro groups is 2. The molecule has 0 bridgehead atoms. The van der Waals surface area contributed by atoms with Gasteiger partial charge in [-0.05, 0) is 18.9 Å². The van der Waals surface area contributed by atoms with Crippen molar-refractivity contribution in [2.75, 3.05) is 5.75 Å². The lowest BCUT2D eigenvalue weighted by atomic mass is 10.0. The highest BCUT2D eigenvalue weighted by Crippen LogP contribution is 2.34. The SMILES string of the molecule is O=C1N[C@H]2[C@H](CS[C@H]2CCCCC(=O)Oc2ccc([N+](=O)[O-])cc2[N+](=O)[O-])N1. The molecule has 150 valence electrons. The van der Waals surface area contributed by atoms with E-state index in [0.717, 1.165) is 36.8 Å². The van der Waals surface area contributed by atoms with Crippen molar-refractivity contribution < 1.29 is 24.2 Å². The molecule has 28 heavy (non-hydrogen) atoms. The third-order valence-corrected chi connectivity index (χ3v) is 6.14. The highest BCUT2D eigenvalue weighted by atomic mass is 32.2. The van der Waals surface area contributed by atoms with Gasteiger partial charge in [0.15, 0.2) is 0 Å². The van der Waals surface area contributed by atoms with E-state index in [4.69, 9.17) is 4.74 Å². The Balaban J connectivity index is 1.46. The molecular formula is C16H18N4O7S. The lowest BCUT2D eigenvalue weighted by molar-refractivity contribution is -0.394. The summed E-state index contributed by atoms with van der Waals surface area (Å²) in [5, 5.41) is 27.8. The van der Waals surface area contributed by atoms with Gasteiger partial charge >= 0.3 is 17.7 Å². The van der Waals surface area contributed by atoms with Gasteiger partial charge in [0, 0.05) is 23.5 Å². The van der Waals surface area contributed by atoms with Crippen LogP contribution < -0.4 is 15.4 Å². The number of amides is 2. The Labute approximate surface area is 163 Å². The average Bonchev–Trinajstić information content (AvgIpc) is 3.18. The maximum atomic E-state index is 12.0. The van der Waals surface area contributed by atoms with Crippen LogP contribution in [0.15, 0.2) is 18.2 Å². The van der Waals surface area contributed by atoms with E-state index in [-0.39, 0.29) is 35.5 Å². The van der Waals surface area contributed by atoms with Crippen LogP contribution in [0.5, 0.6) is 5.75 Å². The van der Waals surface area contributed by atoms with Crippen LogP contribution in [0.3, 0.4) is 0 Å². The van der Waals surface area contributed by atoms with Crippen molar-refractivity contribution in [1.82, 2.24) is 10.6 Å². The minimum atomic E-state index is -0.826. The molecule has 2 saturated heterocycles. The number of rotatable bonds is 8. The van der Waals surface area contributed by atoms with Crippen LogP contribution in [0.1, 0.15) is 25.7 Å². The van der Waals surface area contributed by atoms with Crippen molar-refractivity contribution in [2.24, 2.45) is 0 Å². The number of esters is 1. The van der Waals surface area contributed by atoms with Crippen LogP contribution in [0.25, 0.3) is 0 Å². The molecule has 2 amide bonds. The second-order valence-corrected chi connectivity index (χ2v) is 7.78. The van der Waals surface area contributed by atoms with Gasteiger partial charge in [0.2, 0.25) is 5.75 Å². The number of carbonyl (C=O) groups is 2. The second kappa shape index (κ2) is 8.42. The Morgan fingerprint density at radius 3 is 2.71 bits per heavy atom. The lowest BCUT2D eigenvalue weighted by Gasteiger charge is -2.16. The Kier molecular flexibility index (Phi) is 5.97. The van der Waals surface area contributed by atoms with Gasteiger partial charge in [-0.15, -0.1) is 0 Å².